The van der Waals surface area contributed by atoms with E-state index in [1.165, 1.54) is 0 Å². The molecule has 0 amide bonds. The normalized spacial score (nSPS) is 10.5. The SMILES string of the molecule is CCCNc1c(C)nc(-c2c(C)cc(C)cc2OC)nc1OC. The highest BCUT2D eigenvalue weighted by Crippen LogP contribution is 2.35. The summed E-state index contributed by atoms with van der Waals surface area (Å²) < 4.78 is 11.0. The lowest BCUT2D eigenvalue weighted by Gasteiger charge is -2.16. The van der Waals surface area contributed by atoms with Crippen LogP contribution in [0, 0.1) is 20.8 Å². The minimum atomic E-state index is 0.558. The molecule has 1 N–H and O–H groups in total. The smallest absolute Gasteiger partial charge is 0.241 e. The summed E-state index contributed by atoms with van der Waals surface area (Å²) in [7, 11) is 3.29. The van der Waals surface area contributed by atoms with E-state index in [1.54, 1.807) is 14.2 Å². The number of nitrogens with zero attached hydrogens (tertiary/aromatic N) is 2. The Hall–Kier alpha value is -2.30. The lowest BCUT2D eigenvalue weighted by atomic mass is 10.0. The number of methoxy groups -OCH3 is 2. The van der Waals surface area contributed by atoms with Gasteiger partial charge < -0.3 is 14.8 Å². The minimum Gasteiger partial charge on any atom is -0.496 e. The number of aromatic nitrogens is 2. The molecule has 1 aromatic heterocycles. The number of rotatable bonds is 6. The van der Waals surface area contributed by atoms with Gasteiger partial charge in [-0.15, -0.1) is 0 Å². The van der Waals surface area contributed by atoms with Crippen molar-refractivity contribution in [3.63, 3.8) is 0 Å². The molecule has 124 valence electrons. The fourth-order valence-corrected chi connectivity index (χ4v) is 2.64. The fraction of sp³-hybridized carbons (Fsp3) is 0.444. The first-order valence-electron chi connectivity index (χ1n) is 7.83. The van der Waals surface area contributed by atoms with Crippen LogP contribution in [0.4, 0.5) is 5.69 Å². The molecule has 0 saturated carbocycles. The van der Waals surface area contributed by atoms with E-state index < -0.39 is 0 Å². The highest BCUT2D eigenvalue weighted by molar-refractivity contribution is 5.71. The Kier molecular flexibility index (Phi) is 5.42. The Morgan fingerprint density at radius 2 is 1.78 bits per heavy atom. The summed E-state index contributed by atoms with van der Waals surface area (Å²) in [5.74, 6) is 1.96. The van der Waals surface area contributed by atoms with Gasteiger partial charge in [0.2, 0.25) is 5.88 Å². The summed E-state index contributed by atoms with van der Waals surface area (Å²) in [6, 6.07) is 4.10. The van der Waals surface area contributed by atoms with Gasteiger partial charge in [0.1, 0.15) is 11.4 Å². The third-order valence-electron chi connectivity index (χ3n) is 3.69. The second-order valence-electron chi connectivity index (χ2n) is 5.60. The molecule has 0 bridgehead atoms. The second kappa shape index (κ2) is 7.31. The van der Waals surface area contributed by atoms with Crippen LogP contribution in [-0.4, -0.2) is 30.7 Å². The van der Waals surface area contributed by atoms with Gasteiger partial charge in [-0.1, -0.05) is 13.0 Å². The van der Waals surface area contributed by atoms with E-state index in [-0.39, 0.29) is 0 Å². The Balaban J connectivity index is 2.59. The lowest BCUT2D eigenvalue weighted by Crippen LogP contribution is -2.08. The van der Waals surface area contributed by atoms with E-state index in [4.69, 9.17) is 9.47 Å². The monoisotopic (exact) mass is 315 g/mol. The van der Waals surface area contributed by atoms with Gasteiger partial charge in [-0.3, -0.25) is 0 Å². The molecule has 5 nitrogen and oxygen atoms in total. The van der Waals surface area contributed by atoms with Crippen LogP contribution < -0.4 is 14.8 Å². The van der Waals surface area contributed by atoms with Crippen molar-refractivity contribution in [3.8, 4) is 23.0 Å². The number of aryl methyl sites for hydroxylation is 3. The van der Waals surface area contributed by atoms with Crippen LogP contribution in [0.1, 0.15) is 30.2 Å². The molecule has 2 aromatic rings. The third kappa shape index (κ3) is 3.55. The zero-order chi connectivity index (χ0) is 17.0. The van der Waals surface area contributed by atoms with E-state index in [0.29, 0.717) is 11.7 Å². The highest BCUT2D eigenvalue weighted by Gasteiger charge is 2.18. The Morgan fingerprint density at radius 1 is 1.04 bits per heavy atom. The molecule has 1 aromatic carbocycles. The number of hydrogen-bond acceptors (Lipinski definition) is 5. The number of anilines is 1. The third-order valence-corrected chi connectivity index (χ3v) is 3.69. The number of benzene rings is 1. The van der Waals surface area contributed by atoms with Crippen molar-refractivity contribution in [1.29, 1.82) is 0 Å². The van der Waals surface area contributed by atoms with E-state index in [0.717, 1.165) is 46.8 Å². The van der Waals surface area contributed by atoms with Crippen molar-refractivity contribution < 1.29 is 9.47 Å². The highest BCUT2D eigenvalue weighted by atomic mass is 16.5. The van der Waals surface area contributed by atoms with Crippen LogP contribution in [0.25, 0.3) is 11.4 Å². The molecule has 5 heteroatoms. The van der Waals surface area contributed by atoms with Crippen molar-refractivity contribution in [2.24, 2.45) is 0 Å². The van der Waals surface area contributed by atoms with Crippen molar-refractivity contribution in [1.82, 2.24) is 9.97 Å². The van der Waals surface area contributed by atoms with Crippen LogP contribution >= 0.6 is 0 Å². The molecule has 0 saturated heterocycles. The zero-order valence-electron chi connectivity index (χ0n) is 14.8. The van der Waals surface area contributed by atoms with Crippen molar-refractivity contribution in [3.05, 3.63) is 29.0 Å². The Bertz CT molecular complexity index is 699. The molecular formula is C18H25N3O2. The maximum absolute atomic E-state index is 5.53. The molecule has 2 rings (SSSR count). The Morgan fingerprint density at radius 3 is 2.39 bits per heavy atom. The first-order chi connectivity index (χ1) is 11.0. The molecule has 0 aliphatic rings. The van der Waals surface area contributed by atoms with E-state index in [9.17, 15) is 0 Å². The van der Waals surface area contributed by atoms with Crippen LogP contribution in [0.15, 0.2) is 12.1 Å². The molecule has 0 atom stereocenters. The van der Waals surface area contributed by atoms with Crippen molar-refractivity contribution in [2.45, 2.75) is 34.1 Å². The van der Waals surface area contributed by atoms with Gasteiger partial charge in [0.05, 0.1) is 25.5 Å². The van der Waals surface area contributed by atoms with Gasteiger partial charge in [0, 0.05) is 6.54 Å². The average Bonchev–Trinajstić information content (AvgIpc) is 2.52. The summed E-state index contributed by atoms with van der Waals surface area (Å²) in [4.78, 5) is 9.27. The molecule has 1 heterocycles. The van der Waals surface area contributed by atoms with Gasteiger partial charge >= 0.3 is 0 Å². The standard InChI is InChI=1S/C18H25N3O2/c1-7-8-19-16-13(4)20-17(21-18(16)23-6)15-12(3)9-11(2)10-14(15)22-5/h9-10,19H,7-8H2,1-6H3. The summed E-state index contributed by atoms with van der Waals surface area (Å²) in [6.45, 7) is 9.02. The minimum absolute atomic E-state index is 0.558. The first kappa shape index (κ1) is 17.1. The number of nitrogens with one attached hydrogen (secondary N) is 1. The lowest BCUT2D eigenvalue weighted by molar-refractivity contribution is 0.398. The van der Waals surface area contributed by atoms with Crippen LogP contribution in [-0.2, 0) is 0 Å². The molecule has 23 heavy (non-hydrogen) atoms. The van der Waals surface area contributed by atoms with Gasteiger partial charge in [0.15, 0.2) is 5.82 Å². The summed E-state index contributed by atoms with van der Waals surface area (Å²) in [6.07, 6.45) is 1.02. The van der Waals surface area contributed by atoms with Crippen LogP contribution in [0.3, 0.4) is 0 Å². The van der Waals surface area contributed by atoms with Crippen molar-refractivity contribution >= 4 is 5.69 Å². The first-order valence-corrected chi connectivity index (χ1v) is 7.83. The molecule has 0 radical (unpaired) electrons. The largest absolute Gasteiger partial charge is 0.496 e. The summed E-state index contributed by atoms with van der Waals surface area (Å²) in [5, 5.41) is 3.33. The predicted molar refractivity (Wildman–Crippen MR) is 93.6 cm³/mol. The van der Waals surface area contributed by atoms with Gasteiger partial charge in [-0.2, -0.15) is 4.98 Å². The topological polar surface area (TPSA) is 56.3 Å². The summed E-state index contributed by atoms with van der Waals surface area (Å²) >= 11 is 0. The molecule has 0 spiro atoms. The second-order valence-corrected chi connectivity index (χ2v) is 5.60. The number of ether oxygens (including phenoxy) is 2. The van der Waals surface area contributed by atoms with Gasteiger partial charge in [0.25, 0.3) is 0 Å². The summed E-state index contributed by atoms with van der Waals surface area (Å²) in [5.41, 5.74) is 4.84. The number of hydrogen-bond donors (Lipinski definition) is 1. The fourth-order valence-electron chi connectivity index (χ4n) is 2.64. The van der Waals surface area contributed by atoms with E-state index in [1.807, 2.05) is 26.8 Å². The molecular weight excluding hydrogens is 290 g/mol. The maximum Gasteiger partial charge on any atom is 0.241 e. The zero-order valence-corrected chi connectivity index (χ0v) is 14.8. The van der Waals surface area contributed by atoms with Crippen LogP contribution in [0.5, 0.6) is 11.6 Å². The molecule has 0 fully saturated rings. The van der Waals surface area contributed by atoms with Gasteiger partial charge in [-0.25, -0.2) is 4.98 Å². The van der Waals surface area contributed by atoms with Gasteiger partial charge in [-0.05, 0) is 44.4 Å². The average molecular weight is 315 g/mol. The molecule has 0 aliphatic carbocycles. The Labute approximate surface area is 138 Å². The molecule has 0 aliphatic heterocycles. The quantitative estimate of drug-likeness (QED) is 0.876. The van der Waals surface area contributed by atoms with Crippen LogP contribution in [0.2, 0.25) is 0 Å². The predicted octanol–water partition coefficient (Wildman–Crippen LogP) is 3.91. The molecule has 0 unspecified atom stereocenters. The van der Waals surface area contributed by atoms with E-state index in [2.05, 4.69) is 28.3 Å². The maximum atomic E-state index is 5.53. The van der Waals surface area contributed by atoms with Crippen molar-refractivity contribution in [2.75, 3.05) is 26.1 Å². The van der Waals surface area contributed by atoms with E-state index >= 15 is 0 Å².